The molecule has 0 bridgehead atoms. The maximum absolute atomic E-state index is 14.1. The van der Waals surface area contributed by atoms with Gasteiger partial charge in [0, 0.05) is 77.6 Å². The monoisotopic (exact) mass is 2050 g/mol. The fourth-order valence-electron chi connectivity index (χ4n) is 15.0. The predicted molar refractivity (Wildman–Crippen MR) is 565 cm³/mol. The minimum Gasteiger partial charge on any atom is -0.489 e. The van der Waals surface area contributed by atoms with Crippen LogP contribution in [0.15, 0.2) is 229 Å². The van der Waals surface area contributed by atoms with Crippen molar-refractivity contribution in [2.45, 2.75) is 207 Å². The van der Waals surface area contributed by atoms with Gasteiger partial charge in [0.1, 0.15) is 80.0 Å². The molecule has 0 heterocycles. The van der Waals surface area contributed by atoms with Crippen molar-refractivity contribution in [1.82, 2.24) is 31.9 Å². The Kier molecular flexibility index (Phi) is 48.1. The van der Waals surface area contributed by atoms with E-state index in [1.165, 1.54) is 67.3 Å². The van der Waals surface area contributed by atoms with Crippen LogP contribution in [0, 0.1) is 57.9 Å². The van der Waals surface area contributed by atoms with Crippen molar-refractivity contribution in [2.24, 2.45) is 0 Å². The van der Waals surface area contributed by atoms with Gasteiger partial charge < -0.3 is 60.3 Å². The van der Waals surface area contributed by atoms with E-state index < -0.39 is 0 Å². The van der Waals surface area contributed by atoms with Crippen molar-refractivity contribution in [2.75, 3.05) is 42.3 Å². The average molecular weight is 2060 g/mol. The highest BCUT2D eigenvalue weighted by molar-refractivity contribution is 14.1. The number of carbonyl (C=O) groups is 6. The molecule has 726 valence electrons. The van der Waals surface area contributed by atoms with Gasteiger partial charge in [-0.05, 0) is 254 Å². The van der Waals surface area contributed by atoms with Crippen molar-refractivity contribution in [3.05, 3.63) is 382 Å². The van der Waals surface area contributed by atoms with Crippen LogP contribution >= 0.6 is 50.1 Å². The van der Waals surface area contributed by atoms with Crippen LogP contribution in [0.2, 0.25) is 5.02 Å². The van der Waals surface area contributed by atoms with Gasteiger partial charge in [-0.3, -0.25) is 28.8 Å². The third-order valence-electron chi connectivity index (χ3n) is 23.1. The SMILES string of the molecule is CCc1cc(C)ccc1OCc1c(Br)cccc1CC(=O)NC.CCc1cc(C)ccc1OCc1c(C)cccc1CC(=O)NC.CCc1cc(C)ccc1OCc1c(Cl)cccc1CC(=O)NC.CCc1cc(C)ccc1OCc1c(F)cccc1CC(=O)NC.CCc1cc(C)ccc1OCc1c(I)cccc1CC(=O)NC.CCc1cc(C)ccc1OCc1ccccc1CC(=O)NC. The van der Waals surface area contributed by atoms with Crippen molar-refractivity contribution >= 4 is 85.6 Å². The minimum absolute atomic E-state index is 0.00562. The van der Waals surface area contributed by atoms with Crippen molar-refractivity contribution in [1.29, 1.82) is 0 Å². The second-order valence-electron chi connectivity index (χ2n) is 33.1. The Morgan fingerprint density at radius 2 is 0.526 bits per heavy atom. The molecule has 0 fully saturated rings. The molecule has 0 aromatic heterocycles. The normalized spacial score (nSPS) is 10.4. The number of ether oxygens (including phenoxy) is 6. The number of hydrogen-bond donors (Lipinski definition) is 6. The van der Waals surface area contributed by atoms with Crippen LogP contribution < -0.4 is 60.3 Å². The quantitative estimate of drug-likeness (QED) is 0.0202. The summed E-state index contributed by atoms with van der Waals surface area (Å²) in [6.45, 7) is 29.5. The summed E-state index contributed by atoms with van der Waals surface area (Å²) < 4.78 is 52.2. The fraction of sp³-hybridized carbons (Fsp3) is 0.322. The molecular weight excluding hydrogens is 1920 g/mol. The van der Waals surface area contributed by atoms with E-state index in [2.05, 4.69) is 220 Å². The van der Waals surface area contributed by atoms with E-state index in [0.29, 0.717) is 81.3 Å². The molecule has 12 aromatic carbocycles. The molecule has 6 N–H and O–H groups in total. The number of likely N-dealkylation sites (N-methyl/N-ethyl adjacent to an activating group) is 6. The Morgan fingerprint density at radius 3 is 0.876 bits per heavy atom. The second kappa shape index (κ2) is 59.0. The van der Waals surface area contributed by atoms with E-state index in [-0.39, 0.29) is 54.3 Å². The van der Waals surface area contributed by atoms with Crippen LogP contribution in [-0.2, 0) is 145 Å². The number of aryl methyl sites for hydroxylation is 13. The van der Waals surface area contributed by atoms with Crippen LogP contribution in [-0.4, -0.2) is 77.7 Å². The number of nitrogens with one attached hydrogen (secondary N) is 6. The summed E-state index contributed by atoms with van der Waals surface area (Å²) in [5.74, 6) is 4.77. The smallest absolute Gasteiger partial charge is 0.224 e. The zero-order valence-corrected chi connectivity index (χ0v) is 87.5. The lowest BCUT2D eigenvalue weighted by molar-refractivity contribution is -0.120. The molecule has 12 aromatic rings. The molecule has 0 saturated carbocycles. The van der Waals surface area contributed by atoms with Gasteiger partial charge in [0.15, 0.2) is 0 Å². The molecule has 22 heteroatoms. The van der Waals surface area contributed by atoms with Crippen molar-refractivity contribution in [3.63, 3.8) is 0 Å². The fourth-order valence-corrected chi connectivity index (χ4v) is 16.4. The Bertz CT molecular complexity index is 5300. The first-order valence-electron chi connectivity index (χ1n) is 46.6. The van der Waals surface area contributed by atoms with Gasteiger partial charge in [0.25, 0.3) is 0 Å². The van der Waals surface area contributed by atoms with Crippen molar-refractivity contribution in [3.8, 4) is 34.5 Å². The molecule has 0 aliphatic carbocycles. The Labute approximate surface area is 838 Å². The van der Waals surface area contributed by atoms with Gasteiger partial charge >= 0.3 is 0 Å². The summed E-state index contributed by atoms with van der Waals surface area (Å²) in [6.07, 6.45) is 7.42. The summed E-state index contributed by atoms with van der Waals surface area (Å²) in [5, 5.41) is 16.5. The Morgan fingerprint density at radius 1 is 0.277 bits per heavy atom. The molecular formula is C115H136BrClFIN6O12. The highest BCUT2D eigenvalue weighted by atomic mass is 127. The maximum Gasteiger partial charge on any atom is 0.224 e. The minimum atomic E-state index is -0.350. The van der Waals surface area contributed by atoms with Gasteiger partial charge in [0.05, 0.1) is 38.5 Å². The number of amides is 6. The van der Waals surface area contributed by atoms with Crippen LogP contribution in [0.5, 0.6) is 34.5 Å². The Balaban J connectivity index is 0.000000224. The third-order valence-corrected chi connectivity index (χ3v) is 25.2. The van der Waals surface area contributed by atoms with Crippen LogP contribution in [0.3, 0.4) is 0 Å². The molecule has 18 nitrogen and oxygen atoms in total. The first-order valence-corrected chi connectivity index (χ1v) is 48.9. The summed E-state index contributed by atoms with van der Waals surface area (Å²) in [7, 11) is 9.82. The number of halogens is 4. The van der Waals surface area contributed by atoms with Gasteiger partial charge in [-0.25, -0.2) is 4.39 Å². The highest BCUT2D eigenvalue weighted by Crippen LogP contribution is 2.33. The average Bonchev–Trinajstić information content (AvgIpc) is 0.841. The predicted octanol–water partition coefficient (Wildman–Crippen LogP) is 23.0. The number of hydrogen-bond acceptors (Lipinski definition) is 12. The molecule has 0 radical (unpaired) electrons. The molecule has 137 heavy (non-hydrogen) atoms. The maximum atomic E-state index is 14.1. The highest BCUT2D eigenvalue weighted by Gasteiger charge is 2.20. The zero-order chi connectivity index (χ0) is 100. The Hall–Kier alpha value is -12.3. The molecule has 0 saturated heterocycles. The van der Waals surface area contributed by atoms with Crippen molar-refractivity contribution < 1.29 is 61.6 Å². The van der Waals surface area contributed by atoms with E-state index in [9.17, 15) is 33.2 Å². The van der Waals surface area contributed by atoms with E-state index in [4.69, 9.17) is 40.0 Å². The van der Waals surface area contributed by atoms with Crippen LogP contribution in [0.25, 0.3) is 0 Å². The van der Waals surface area contributed by atoms with Crippen LogP contribution in [0.4, 0.5) is 4.39 Å². The first-order chi connectivity index (χ1) is 65.9. The number of benzene rings is 12. The van der Waals surface area contributed by atoms with E-state index in [0.717, 1.165) is 148 Å². The largest absolute Gasteiger partial charge is 0.489 e. The number of rotatable bonds is 36. The summed E-state index contributed by atoms with van der Waals surface area (Å²) in [6, 6.07) is 73.3. The molecule has 0 spiro atoms. The van der Waals surface area contributed by atoms with E-state index in [1.54, 1.807) is 54.4 Å². The molecule has 0 unspecified atom stereocenters. The van der Waals surface area contributed by atoms with Gasteiger partial charge in [-0.1, -0.05) is 266 Å². The summed E-state index contributed by atoms with van der Waals surface area (Å²) in [5.41, 5.74) is 26.7. The lowest BCUT2D eigenvalue weighted by atomic mass is 10.00. The van der Waals surface area contributed by atoms with Crippen LogP contribution in [0.1, 0.15) is 181 Å². The molecule has 0 aliphatic rings. The van der Waals surface area contributed by atoms with Gasteiger partial charge in [0.2, 0.25) is 35.4 Å². The molecule has 12 rings (SSSR count). The standard InChI is InChI=1S/C20H25NO2.C19H22BrNO2.C19H22ClNO2.C19H22FNO2.C19H22INO2.C19H23NO2/c1-5-16-11-14(2)9-10-19(16)23-13-18-15(3)7-6-8-17(18)12-20(22)21-4;4*1-4-14-10-13(2)8-9-18(14)23-12-16-15(11-19(22)21-3)6-5-7-17(16)20;1-4-15-11-14(2)9-10-18(15)22-13-17-8-6-5-7-16(17)12-19(21)20-3/h6-11H,5,12-13H2,1-4H3,(H,21,22);4*5-10H,4,11-12H2,1-3H3,(H,21,22);5-11H,4,12-13H2,1-3H3,(H,20,21). The summed E-state index contributed by atoms with van der Waals surface area (Å²) in [4.78, 5) is 69.9. The lowest BCUT2D eigenvalue weighted by Gasteiger charge is -2.15. The molecule has 0 aliphatic heterocycles. The lowest BCUT2D eigenvalue weighted by Crippen LogP contribution is -2.21. The van der Waals surface area contributed by atoms with E-state index in [1.807, 2.05) is 146 Å². The first kappa shape index (κ1) is 112. The molecule has 6 amide bonds. The number of carbonyl (C=O) groups excluding carboxylic acids is 6. The van der Waals surface area contributed by atoms with Gasteiger partial charge in [-0.2, -0.15) is 0 Å². The second-order valence-corrected chi connectivity index (χ2v) is 35.5. The molecule has 0 atom stereocenters. The van der Waals surface area contributed by atoms with E-state index >= 15 is 0 Å². The zero-order valence-electron chi connectivity index (χ0n) is 83.0. The summed E-state index contributed by atoms with van der Waals surface area (Å²) >= 11 is 12.2. The van der Waals surface area contributed by atoms with Gasteiger partial charge in [-0.15, -0.1) is 0 Å². The third kappa shape index (κ3) is 36.3. The topological polar surface area (TPSA) is 230 Å².